The van der Waals surface area contributed by atoms with Crippen molar-refractivity contribution in [1.29, 1.82) is 0 Å². The highest BCUT2D eigenvalue weighted by Gasteiger charge is 2.15. The summed E-state index contributed by atoms with van der Waals surface area (Å²) in [6.07, 6.45) is 1.72. The van der Waals surface area contributed by atoms with Gasteiger partial charge in [0.25, 0.3) is 0 Å². The summed E-state index contributed by atoms with van der Waals surface area (Å²) in [5, 5.41) is 11.4. The van der Waals surface area contributed by atoms with E-state index < -0.39 is 0 Å². The molecule has 1 atom stereocenters. The zero-order valence-corrected chi connectivity index (χ0v) is 8.13. The van der Waals surface area contributed by atoms with E-state index in [-0.39, 0.29) is 24.5 Å². The van der Waals surface area contributed by atoms with Gasteiger partial charge in [0.05, 0.1) is 6.61 Å². The average Bonchev–Trinajstić information content (AvgIpc) is 2.06. The molecule has 0 bridgehead atoms. The molecule has 0 unspecified atom stereocenters. The van der Waals surface area contributed by atoms with Crippen LogP contribution in [0.3, 0.4) is 0 Å². The van der Waals surface area contributed by atoms with Gasteiger partial charge in [0.1, 0.15) is 0 Å². The Labute approximate surface area is 74.2 Å². The van der Waals surface area contributed by atoms with Gasteiger partial charge < -0.3 is 10.4 Å². The average molecular weight is 173 g/mol. The van der Waals surface area contributed by atoms with E-state index in [2.05, 4.69) is 5.32 Å². The molecule has 0 aliphatic heterocycles. The smallest absolute Gasteiger partial charge is 0.223 e. The molecule has 0 aromatic heterocycles. The SMILES string of the molecule is CCC(CC)C(=O)N[C@@H](C)CO. The standard InChI is InChI=1S/C9H19NO2/c1-4-8(5-2)9(12)10-7(3)6-11/h7-8,11H,4-6H2,1-3H3,(H,10,12)/t7-/m0/s1. The van der Waals surface area contributed by atoms with Gasteiger partial charge in [0, 0.05) is 12.0 Å². The van der Waals surface area contributed by atoms with E-state index in [0.717, 1.165) is 12.8 Å². The number of hydrogen-bond donors (Lipinski definition) is 2. The van der Waals surface area contributed by atoms with Crippen LogP contribution in [0.4, 0.5) is 0 Å². The van der Waals surface area contributed by atoms with Crippen LogP contribution in [0.25, 0.3) is 0 Å². The zero-order valence-electron chi connectivity index (χ0n) is 8.13. The molecule has 0 aliphatic carbocycles. The molecule has 0 radical (unpaired) electrons. The van der Waals surface area contributed by atoms with Gasteiger partial charge in [-0.25, -0.2) is 0 Å². The second-order valence-corrected chi connectivity index (χ2v) is 3.11. The zero-order chi connectivity index (χ0) is 9.56. The van der Waals surface area contributed by atoms with Crippen LogP contribution in [-0.2, 0) is 4.79 Å². The van der Waals surface area contributed by atoms with Crippen molar-refractivity contribution in [3.05, 3.63) is 0 Å². The van der Waals surface area contributed by atoms with Crippen LogP contribution in [0.2, 0.25) is 0 Å². The summed E-state index contributed by atoms with van der Waals surface area (Å²) in [6, 6.07) is -0.127. The van der Waals surface area contributed by atoms with Crippen molar-refractivity contribution < 1.29 is 9.90 Å². The largest absolute Gasteiger partial charge is 0.394 e. The molecule has 72 valence electrons. The van der Waals surface area contributed by atoms with Crippen LogP contribution in [-0.4, -0.2) is 23.7 Å². The molecule has 0 aromatic carbocycles. The van der Waals surface area contributed by atoms with Crippen molar-refractivity contribution in [3.8, 4) is 0 Å². The molecule has 0 heterocycles. The molecular formula is C9H19NO2. The predicted octanol–water partition coefficient (Wildman–Crippen LogP) is 0.920. The lowest BCUT2D eigenvalue weighted by atomic mass is 10.0. The summed E-state index contributed by atoms with van der Waals surface area (Å²) in [6.45, 7) is 5.79. The molecule has 3 heteroatoms. The highest BCUT2D eigenvalue weighted by molar-refractivity contribution is 5.78. The van der Waals surface area contributed by atoms with Crippen molar-refractivity contribution in [2.45, 2.75) is 39.7 Å². The van der Waals surface area contributed by atoms with Gasteiger partial charge in [-0.1, -0.05) is 13.8 Å². The Morgan fingerprint density at radius 3 is 2.25 bits per heavy atom. The lowest BCUT2D eigenvalue weighted by molar-refractivity contribution is -0.126. The summed E-state index contributed by atoms with van der Waals surface area (Å²) < 4.78 is 0. The number of nitrogens with one attached hydrogen (secondary N) is 1. The fourth-order valence-electron chi connectivity index (χ4n) is 1.07. The molecule has 2 N–H and O–H groups in total. The Kier molecular flexibility index (Phi) is 5.72. The molecular weight excluding hydrogens is 154 g/mol. The van der Waals surface area contributed by atoms with E-state index in [1.165, 1.54) is 0 Å². The number of rotatable bonds is 5. The molecule has 0 spiro atoms. The summed E-state index contributed by atoms with van der Waals surface area (Å²) in [5.41, 5.74) is 0. The molecule has 0 aliphatic rings. The number of carbonyl (C=O) groups is 1. The Hall–Kier alpha value is -0.570. The third-order valence-corrected chi connectivity index (χ3v) is 2.02. The lowest BCUT2D eigenvalue weighted by Gasteiger charge is -2.16. The monoisotopic (exact) mass is 173 g/mol. The summed E-state index contributed by atoms with van der Waals surface area (Å²) in [7, 11) is 0. The van der Waals surface area contributed by atoms with Gasteiger partial charge >= 0.3 is 0 Å². The quantitative estimate of drug-likeness (QED) is 0.649. The van der Waals surface area contributed by atoms with E-state index in [0.29, 0.717) is 0 Å². The fourth-order valence-corrected chi connectivity index (χ4v) is 1.07. The first kappa shape index (κ1) is 11.4. The molecule has 0 aromatic rings. The van der Waals surface area contributed by atoms with Gasteiger partial charge in [-0.2, -0.15) is 0 Å². The Morgan fingerprint density at radius 2 is 1.92 bits per heavy atom. The number of carbonyl (C=O) groups excluding carboxylic acids is 1. The molecule has 12 heavy (non-hydrogen) atoms. The topological polar surface area (TPSA) is 49.3 Å². The van der Waals surface area contributed by atoms with Gasteiger partial charge in [0.2, 0.25) is 5.91 Å². The molecule has 3 nitrogen and oxygen atoms in total. The first-order chi connectivity index (χ1) is 5.65. The van der Waals surface area contributed by atoms with E-state index in [4.69, 9.17) is 5.11 Å². The number of aliphatic hydroxyl groups is 1. The third kappa shape index (κ3) is 3.72. The molecule has 0 saturated carbocycles. The van der Waals surface area contributed by atoms with Crippen LogP contribution in [0.15, 0.2) is 0 Å². The Balaban J connectivity index is 3.84. The van der Waals surface area contributed by atoms with E-state index in [9.17, 15) is 4.79 Å². The summed E-state index contributed by atoms with van der Waals surface area (Å²) in [4.78, 5) is 11.4. The number of aliphatic hydroxyl groups excluding tert-OH is 1. The first-order valence-corrected chi connectivity index (χ1v) is 4.56. The molecule has 0 fully saturated rings. The maximum atomic E-state index is 11.4. The van der Waals surface area contributed by atoms with Crippen molar-refractivity contribution in [2.24, 2.45) is 5.92 Å². The Morgan fingerprint density at radius 1 is 1.42 bits per heavy atom. The van der Waals surface area contributed by atoms with Crippen molar-refractivity contribution in [2.75, 3.05) is 6.61 Å². The van der Waals surface area contributed by atoms with Crippen LogP contribution in [0.1, 0.15) is 33.6 Å². The highest BCUT2D eigenvalue weighted by atomic mass is 16.3. The minimum atomic E-state index is -0.127. The van der Waals surface area contributed by atoms with E-state index in [1.54, 1.807) is 6.92 Å². The van der Waals surface area contributed by atoms with E-state index in [1.807, 2.05) is 13.8 Å². The molecule has 1 amide bonds. The second kappa shape index (κ2) is 6.00. The van der Waals surface area contributed by atoms with Crippen LogP contribution >= 0.6 is 0 Å². The Bertz CT molecular complexity index is 132. The fraction of sp³-hybridized carbons (Fsp3) is 0.889. The van der Waals surface area contributed by atoms with Crippen LogP contribution in [0, 0.1) is 5.92 Å². The van der Waals surface area contributed by atoms with Crippen molar-refractivity contribution in [3.63, 3.8) is 0 Å². The maximum absolute atomic E-state index is 11.4. The number of hydrogen-bond acceptors (Lipinski definition) is 2. The minimum Gasteiger partial charge on any atom is -0.394 e. The van der Waals surface area contributed by atoms with Gasteiger partial charge in [-0.3, -0.25) is 4.79 Å². The first-order valence-electron chi connectivity index (χ1n) is 4.56. The van der Waals surface area contributed by atoms with Gasteiger partial charge in [-0.05, 0) is 19.8 Å². The minimum absolute atomic E-state index is 0.00584. The van der Waals surface area contributed by atoms with Crippen molar-refractivity contribution >= 4 is 5.91 Å². The van der Waals surface area contributed by atoms with Gasteiger partial charge in [-0.15, -0.1) is 0 Å². The van der Waals surface area contributed by atoms with Crippen LogP contribution in [0.5, 0.6) is 0 Å². The molecule has 0 saturated heterocycles. The molecule has 0 rings (SSSR count). The van der Waals surface area contributed by atoms with E-state index >= 15 is 0 Å². The van der Waals surface area contributed by atoms with Gasteiger partial charge in [0.15, 0.2) is 0 Å². The highest BCUT2D eigenvalue weighted by Crippen LogP contribution is 2.07. The lowest BCUT2D eigenvalue weighted by Crippen LogP contribution is -2.38. The normalized spacial score (nSPS) is 13.1. The summed E-state index contributed by atoms with van der Waals surface area (Å²) in [5.74, 6) is 0.153. The third-order valence-electron chi connectivity index (χ3n) is 2.02. The predicted molar refractivity (Wildman–Crippen MR) is 48.8 cm³/mol. The summed E-state index contributed by atoms with van der Waals surface area (Å²) >= 11 is 0. The van der Waals surface area contributed by atoms with Crippen molar-refractivity contribution in [1.82, 2.24) is 5.32 Å². The number of amides is 1. The van der Waals surface area contributed by atoms with Crippen LogP contribution < -0.4 is 5.32 Å². The second-order valence-electron chi connectivity index (χ2n) is 3.11. The maximum Gasteiger partial charge on any atom is 0.223 e.